The van der Waals surface area contributed by atoms with Crippen LogP contribution in [-0.4, -0.2) is 28.2 Å². The number of anilines is 1. The van der Waals surface area contributed by atoms with Crippen LogP contribution in [0.15, 0.2) is 65.8 Å². The predicted octanol–water partition coefficient (Wildman–Crippen LogP) is 3.21. The zero-order valence-electron chi connectivity index (χ0n) is 14.8. The van der Waals surface area contributed by atoms with Gasteiger partial charge in [-0.1, -0.05) is 18.2 Å². The molecule has 1 N–H and O–H groups in total. The number of aryl methyl sites for hydroxylation is 2. The van der Waals surface area contributed by atoms with Gasteiger partial charge in [0.2, 0.25) is 0 Å². The number of benzene rings is 2. The van der Waals surface area contributed by atoms with Crippen molar-refractivity contribution in [1.82, 2.24) is 19.8 Å². The van der Waals surface area contributed by atoms with E-state index < -0.39 is 10.0 Å². The fraction of sp³-hybridized carbons (Fsp3) is 0.105. The average Bonchev–Trinajstić information content (AvgIpc) is 3.11. The molecule has 0 atom stereocenters. The van der Waals surface area contributed by atoms with Gasteiger partial charge in [0, 0.05) is 11.3 Å². The summed E-state index contributed by atoms with van der Waals surface area (Å²) in [6.45, 7) is 3.84. The molecule has 7 nitrogen and oxygen atoms in total. The highest BCUT2D eigenvalue weighted by atomic mass is 32.2. The first-order valence-corrected chi connectivity index (χ1v) is 9.78. The van der Waals surface area contributed by atoms with Gasteiger partial charge in [0.25, 0.3) is 10.0 Å². The summed E-state index contributed by atoms with van der Waals surface area (Å²) in [6, 6.07) is 15.8. The average molecular weight is 379 g/mol. The Hall–Kier alpha value is -3.26. The molecule has 0 aliphatic heterocycles. The molecule has 0 amide bonds. The Labute approximate surface area is 156 Å². The molecular weight excluding hydrogens is 362 g/mol. The Morgan fingerprint density at radius 1 is 0.963 bits per heavy atom. The van der Waals surface area contributed by atoms with Crippen molar-refractivity contribution in [3.05, 3.63) is 72.1 Å². The van der Waals surface area contributed by atoms with E-state index in [1.807, 2.05) is 26.0 Å². The third-order valence-electron chi connectivity index (χ3n) is 4.36. The molecule has 0 radical (unpaired) electrons. The number of aromatic nitrogens is 4. The van der Waals surface area contributed by atoms with Crippen LogP contribution in [0.5, 0.6) is 0 Å². The molecule has 8 heteroatoms. The Morgan fingerprint density at radius 3 is 2.63 bits per heavy atom. The molecule has 0 spiro atoms. The minimum absolute atomic E-state index is 0.236. The summed E-state index contributed by atoms with van der Waals surface area (Å²) in [6.07, 6.45) is 1.52. The minimum atomic E-state index is -3.67. The first kappa shape index (κ1) is 17.2. The van der Waals surface area contributed by atoms with Crippen molar-refractivity contribution in [2.24, 2.45) is 0 Å². The van der Waals surface area contributed by atoms with Gasteiger partial charge in [-0.25, -0.2) is 8.42 Å². The third kappa shape index (κ3) is 3.39. The van der Waals surface area contributed by atoms with Crippen LogP contribution in [0.4, 0.5) is 5.69 Å². The van der Waals surface area contributed by atoms with Crippen LogP contribution in [-0.2, 0) is 10.0 Å². The number of nitrogens with zero attached hydrogens (tertiary/aromatic N) is 4. The van der Waals surface area contributed by atoms with Crippen LogP contribution >= 0.6 is 0 Å². The van der Waals surface area contributed by atoms with Crippen LogP contribution in [0.25, 0.3) is 16.9 Å². The number of rotatable bonds is 4. The fourth-order valence-electron chi connectivity index (χ4n) is 2.72. The van der Waals surface area contributed by atoms with Gasteiger partial charge in [-0.2, -0.15) is 9.61 Å². The summed E-state index contributed by atoms with van der Waals surface area (Å²) in [5.41, 5.74) is 4.56. The standard InChI is InChI=1S/C19H17N5O2S/c1-13-6-7-17(10-14(13)2)27(25,26)23-16-5-3-4-15(11-16)18-8-9-19-21-20-12-24(19)22-18/h3-12,23H,1-2H3. The van der Waals surface area contributed by atoms with Crippen molar-refractivity contribution in [2.45, 2.75) is 18.7 Å². The monoisotopic (exact) mass is 379 g/mol. The SMILES string of the molecule is Cc1ccc(S(=O)(=O)Nc2cccc(-c3ccc4nncn4n3)c2)cc1C. The highest BCUT2D eigenvalue weighted by Gasteiger charge is 2.15. The largest absolute Gasteiger partial charge is 0.280 e. The Kier molecular flexibility index (Phi) is 4.12. The van der Waals surface area contributed by atoms with E-state index in [0.717, 1.165) is 16.7 Å². The van der Waals surface area contributed by atoms with E-state index in [0.29, 0.717) is 17.0 Å². The minimum Gasteiger partial charge on any atom is -0.280 e. The van der Waals surface area contributed by atoms with Crippen LogP contribution in [0.3, 0.4) is 0 Å². The van der Waals surface area contributed by atoms with E-state index in [-0.39, 0.29) is 4.90 Å². The molecule has 0 fully saturated rings. The molecule has 0 bridgehead atoms. The normalized spacial score (nSPS) is 11.6. The quantitative estimate of drug-likeness (QED) is 0.588. The number of hydrogen-bond donors (Lipinski definition) is 1. The van der Waals surface area contributed by atoms with Crippen molar-refractivity contribution in [3.8, 4) is 11.3 Å². The molecule has 0 saturated heterocycles. The smallest absolute Gasteiger partial charge is 0.261 e. The van der Waals surface area contributed by atoms with Crippen molar-refractivity contribution >= 4 is 21.4 Å². The lowest BCUT2D eigenvalue weighted by Gasteiger charge is -2.11. The first-order chi connectivity index (χ1) is 12.9. The molecule has 136 valence electrons. The van der Waals surface area contributed by atoms with E-state index >= 15 is 0 Å². The number of nitrogens with one attached hydrogen (secondary N) is 1. The maximum Gasteiger partial charge on any atom is 0.261 e. The summed E-state index contributed by atoms with van der Waals surface area (Å²) in [5, 5.41) is 12.2. The molecule has 2 heterocycles. The fourth-order valence-corrected chi connectivity index (χ4v) is 3.85. The molecule has 0 saturated carbocycles. The topological polar surface area (TPSA) is 89.2 Å². The van der Waals surface area contributed by atoms with Crippen molar-refractivity contribution in [1.29, 1.82) is 0 Å². The van der Waals surface area contributed by atoms with Crippen LogP contribution in [0.1, 0.15) is 11.1 Å². The van der Waals surface area contributed by atoms with Crippen LogP contribution < -0.4 is 4.72 Å². The second-order valence-electron chi connectivity index (χ2n) is 6.28. The number of hydrogen-bond acceptors (Lipinski definition) is 5. The maximum atomic E-state index is 12.7. The first-order valence-electron chi connectivity index (χ1n) is 8.30. The van der Waals surface area contributed by atoms with Gasteiger partial charge >= 0.3 is 0 Å². The van der Waals surface area contributed by atoms with Crippen LogP contribution in [0.2, 0.25) is 0 Å². The second-order valence-corrected chi connectivity index (χ2v) is 7.97. The van der Waals surface area contributed by atoms with E-state index in [4.69, 9.17) is 0 Å². The Bertz CT molecular complexity index is 1250. The number of fused-ring (bicyclic) bond motifs is 1. The van der Waals surface area contributed by atoms with Crippen molar-refractivity contribution in [2.75, 3.05) is 4.72 Å². The summed E-state index contributed by atoms with van der Waals surface area (Å²) >= 11 is 0. The van der Waals surface area contributed by atoms with E-state index in [9.17, 15) is 8.42 Å². The predicted molar refractivity (Wildman–Crippen MR) is 103 cm³/mol. The number of sulfonamides is 1. The highest BCUT2D eigenvalue weighted by molar-refractivity contribution is 7.92. The molecule has 2 aromatic heterocycles. The summed E-state index contributed by atoms with van der Waals surface area (Å²) in [7, 11) is -3.67. The van der Waals surface area contributed by atoms with Gasteiger partial charge in [0.1, 0.15) is 6.33 Å². The summed E-state index contributed by atoms with van der Waals surface area (Å²) in [4.78, 5) is 0.236. The van der Waals surface area contributed by atoms with Crippen LogP contribution in [0, 0.1) is 13.8 Å². The summed E-state index contributed by atoms with van der Waals surface area (Å²) < 4.78 is 29.6. The van der Waals surface area contributed by atoms with Gasteiger partial charge in [-0.05, 0) is 61.4 Å². The zero-order chi connectivity index (χ0) is 19.0. The molecule has 27 heavy (non-hydrogen) atoms. The Morgan fingerprint density at radius 2 is 1.81 bits per heavy atom. The molecular formula is C19H17N5O2S. The van der Waals surface area contributed by atoms with E-state index in [1.165, 1.54) is 6.33 Å². The third-order valence-corrected chi connectivity index (χ3v) is 5.74. The van der Waals surface area contributed by atoms with E-state index in [1.54, 1.807) is 47.0 Å². The van der Waals surface area contributed by atoms with Crippen molar-refractivity contribution < 1.29 is 8.42 Å². The Balaban J connectivity index is 1.66. The zero-order valence-corrected chi connectivity index (χ0v) is 15.6. The van der Waals surface area contributed by atoms with Gasteiger partial charge < -0.3 is 0 Å². The summed E-state index contributed by atoms with van der Waals surface area (Å²) in [5.74, 6) is 0. The highest BCUT2D eigenvalue weighted by Crippen LogP contribution is 2.24. The van der Waals surface area contributed by atoms with Gasteiger partial charge in [-0.3, -0.25) is 4.72 Å². The lowest BCUT2D eigenvalue weighted by Crippen LogP contribution is -2.13. The lowest BCUT2D eigenvalue weighted by atomic mass is 10.1. The molecule has 4 rings (SSSR count). The van der Waals surface area contributed by atoms with E-state index in [2.05, 4.69) is 20.0 Å². The maximum absolute atomic E-state index is 12.7. The molecule has 2 aromatic carbocycles. The molecule has 0 aliphatic carbocycles. The molecule has 4 aromatic rings. The van der Waals surface area contributed by atoms with Gasteiger partial charge in [0.15, 0.2) is 5.65 Å². The van der Waals surface area contributed by atoms with Crippen molar-refractivity contribution in [3.63, 3.8) is 0 Å². The lowest BCUT2D eigenvalue weighted by molar-refractivity contribution is 0.601. The molecule has 0 aliphatic rings. The van der Waals surface area contributed by atoms with Gasteiger partial charge in [-0.15, -0.1) is 10.2 Å². The second kappa shape index (κ2) is 6.48. The van der Waals surface area contributed by atoms with Gasteiger partial charge in [0.05, 0.1) is 10.6 Å². The molecule has 0 unspecified atom stereocenters.